The Morgan fingerprint density at radius 1 is 1.47 bits per heavy atom. The number of aromatic nitrogens is 2. The van der Waals surface area contributed by atoms with Crippen LogP contribution >= 0.6 is 0 Å². The molecular weight excluding hydrogens is 224 g/mol. The fourth-order valence-electron chi connectivity index (χ4n) is 1.56. The fraction of sp³-hybridized carbons (Fsp3) is 0.600. The molecule has 1 aromatic rings. The number of nitrogens with zero attached hydrogens (tertiary/aromatic N) is 2. The van der Waals surface area contributed by atoms with Gasteiger partial charge in [-0.3, -0.25) is 0 Å². The molecular formula is C10H16N4O3. The van der Waals surface area contributed by atoms with E-state index in [9.17, 15) is 0 Å². The first-order chi connectivity index (χ1) is 7.94. The van der Waals surface area contributed by atoms with Gasteiger partial charge in [0, 0.05) is 6.07 Å². The molecule has 0 aliphatic carbocycles. The minimum absolute atomic E-state index is 0.0870. The molecule has 17 heavy (non-hydrogen) atoms. The molecule has 1 aliphatic rings. The van der Waals surface area contributed by atoms with Crippen molar-refractivity contribution in [3.8, 4) is 5.88 Å². The van der Waals surface area contributed by atoms with Gasteiger partial charge in [-0.2, -0.15) is 9.97 Å². The van der Waals surface area contributed by atoms with Gasteiger partial charge in [-0.05, 0) is 13.8 Å². The highest BCUT2D eigenvalue weighted by atomic mass is 16.7. The minimum atomic E-state index is -0.558. The van der Waals surface area contributed by atoms with Gasteiger partial charge in [0.25, 0.3) is 0 Å². The molecule has 7 nitrogen and oxygen atoms in total. The lowest BCUT2D eigenvalue weighted by Crippen LogP contribution is -2.25. The summed E-state index contributed by atoms with van der Waals surface area (Å²) in [4.78, 5) is 7.65. The Balaban J connectivity index is 1.90. The molecule has 0 bridgehead atoms. The van der Waals surface area contributed by atoms with Crippen molar-refractivity contribution < 1.29 is 14.2 Å². The van der Waals surface area contributed by atoms with Gasteiger partial charge in [0.2, 0.25) is 11.8 Å². The van der Waals surface area contributed by atoms with Crippen LogP contribution in [-0.2, 0) is 9.47 Å². The predicted octanol–water partition coefficient (Wildman–Crippen LogP) is 0.171. The molecule has 0 saturated carbocycles. The molecule has 2 rings (SSSR count). The number of rotatable bonds is 3. The smallest absolute Gasteiger partial charge is 0.225 e. The van der Waals surface area contributed by atoms with Crippen molar-refractivity contribution in [3.63, 3.8) is 0 Å². The van der Waals surface area contributed by atoms with Crippen LogP contribution in [0.15, 0.2) is 6.07 Å². The van der Waals surface area contributed by atoms with Crippen molar-refractivity contribution in [3.05, 3.63) is 6.07 Å². The van der Waals surface area contributed by atoms with E-state index >= 15 is 0 Å². The van der Waals surface area contributed by atoms with E-state index in [1.807, 2.05) is 13.8 Å². The highest BCUT2D eigenvalue weighted by molar-refractivity contribution is 5.38. The van der Waals surface area contributed by atoms with E-state index in [1.165, 1.54) is 6.07 Å². The Bertz CT molecular complexity index is 390. The van der Waals surface area contributed by atoms with E-state index < -0.39 is 5.79 Å². The van der Waals surface area contributed by atoms with Crippen LogP contribution < -0.4 is 16.2 Å². The van der Waals surface area contributed by atoms with Gasteiger partial charge < -0.3 is 25.7 Å². The highest BCUT2D eigenvalue weighted by Crippen LogP contribution is 2.23. The molecule has 4 N–H and O–H groups in total. The average molecular weight is 240 g/mol. The number of hydrogen-bond acceptors (Lipinski definition) is 7. The van der Waals surface area contributed by atoms with E-state index in [4.69, 9.17) is 25.7 Å². The first-order valence-corrected chi connectivity index (χ1v) is 5.29. The Morgan fingerprint density at radius 3 is 2.82 bits per heavy atom. The van der Waals surface area contributed by atoms with Crippen LogP contribution in [-0.4, -0.2) is 35.1 Å². The summed E-state index contributed by atoms with van der Waals surface area (Å²) < 4.78 is 16.4. The zero-order valence-electron chi connectivity index (χ0n) is 9.84. The summed E-state index contributed by atoms with van der Waals surface area (Å²) in [6, 6.07) is 1.51. The molecule has 0 amide bonds. The number of nitrogens with two attached hydrogens (primary N) is 2. The zero-order valence-corrected chi connectivity index (χ0v) is 9.84. The molecule has 2 heterocycles. The van der Waals surface area contributed by atoms with Crippen molar-refractivity contribution in [2.45, 2.75) is 25.7 Å². The second-order valence-electron chi connectivity index (χ2n) is 4.25. The molecule has 1 aliphatic heterocycles. The van der Waals surface area contributed by atoms with E-state index in [-0.39, 0.29) is 17.9 Å². The third-order valence-corrected chi connectivity index (χ3v) is 2.22. The molecule has 0 spiro atoms. The van der Waals surface area contributed by atoms with E-state index in [0.29, 0.717) is 19.1 Å². The van der Waals surface area contributed by atoms with Crippen LogP contribution in [0.1, 0.15) is 13.8 Å². The van der Waals surface area contributed by atoms with Crippen LogP contribution in [0.2, 0.25) is 0 Å². The van der Waals surface area contributed by atoms with Crippen LogP contribution in [0.3, 0.4) is 0 Å². The molecule has 7 heteroatoms. The molecule has 0 radical (unpaired) electrons. The number of ether oxygens (including phenoxy) is 3. The Hall–Kier alpha value is -1.60. The second kappa shape index (κ2) is 4.34. The van der Waals surface area contributed by atoms with E-state index in [2.05, 4.69) is 9.97 Å². The van der Waals surface area contributed by atoms with Gasteiger partial charge in [-0.1, -0.05) is 0 Å². The summed E-state index contributed by atoms with van der Waals surface area (Å²) in [6.07, 6.45) is -0.123. The SMILES string of the molecule is CC1(C)OCC(COc2cc(N)nc(N)n2)O1. The Morgan fingerprint density at radius 2 is 2.24 bits per heavy atom. The van der Waals surface area contributed by atoms with Gasteiger partial charge in [0.05, 0.1) is 6.61 Å². The zero-order chi connectivity index (χ0) is 12.5. The molecule has 94 valence electrons. The summed E-state index contributed by atoms with van der Waals surface area (Å²) in [6.45, 7) is 4.53. The van der Waals surface area contributed by atoms with Gasteiger partial charge in [0.15, 0.2) is 5.79 Å². The summed E-state index contributed by atoms with van der Waals surface area (Å²) in [5.74, 6) is 0.140. The minimum Gasteiger partial charge on any atom is -0.475 e. The maximum absolute atomic E-state index is 5.58. The molecule has 1 atom stereocenters. The van der Waals surface area contributed by atoms with Gasteiger partial charge in [-0.15, -0.1) is 0 Å². The summed E-state index contributed by atoms with van der Waals surface area (Å²) in [5, 5.41) is 0. The molecule has 0 aromatic carbocycles. The lowest BCUT2D eigenvalue weighted by atomic mass is 10.4. The Kier molecular flexibility index (Phi) is 3.03. The standard InChI is InChI=1S/C10H16N4O3/c1-10(2)16-5-6(17-10)4-15-8-3-7(11)13-9(12)14-8/h3,6H,4-5H2,1-2H3,(H4,11,12,13,14). The molecule has 1 saturated heterocycles. The molecule has 1 aromatic heterocycles. The summed E-state index contributed by atoms with van der Waals surface area (Å²) in [7, 11) is 0. The third kappa shape index (κ3) is 3.18. The van der Waals surface area contributed by atoms with Gasteiger partial charge in [0.1, 0.15) is 18.5 Å². The maximum Gasteiger partial charge on any atom is 0.225 e. The highest BCUT2D eigenvalue weighted by Gasteiger charge is 2.33. The van der Waals surface area contributed by atoms with Crippen LogP contribution in [0.4, 0.5) is 11.8 Å². The first-order valence-electron chi connectivity index (χ1n) is 5.29. The Labute approximate surface area is 99.1 Å². The number of anilines is 2. The topological polar surface area (TPSA) is 106 Å². The number of hydrogen-bond donors (Lipinski definition) is 2. The third-order valence-electron chi connectivity index (χ3n) is 2.22. The van der Waals surface area contributed by atoms with Crippen molar-refractivity contribution in [2.24, 2.45) is 0 Å². The summed E-state index contributed by atoms with van der Waals surface area (Å²) >= 11 is 0. The molecule has 1 unspecified atom stereocenters. The van der Waals surface area contributed by atoms with E-state index in [1.54, 1.807) is 0 Å². The number of nitrogen functional groups attached to an aromatic ring is 2. The van der Waals surface area contributed by atoms with Crippen molar-refractivity contribution in [1.29, 1.82) is 0 Å². The summed E-state index contributed by atoms with van der Waals surface area (Å²) in [5.41, 5.74) is 11.0. The van der Waals surface area contributed by atoms with Crippen LogP contribution in [0.25, 0.3) is 0 Å². The quantitative estimate of drug-likeness (QED) is 0.775. The van der Waals surface area contributed by atoms with Gasteiger partial charge in [-0.25, -0.2) is 0 Å². The van der Waals surface area contributed by atoms with E-state index in [0.717, 1.165) is 0 Å². The lowest BCUT2D eigenvalue weighted by Gasteiger charge is -2.17. The van der Waals surface area contributed by atoms with Crippen molar-refractivity contribution in [1.82, 2.24) is 9.97 Å². The second-order valence-corrected chi connectivity index (χ2v) is 4.25. The van der Waals surface area contributed by atoms with Crippen molar-refractivity contribution >= 4 is 11.8 Å². The molecule has 1 fully saturated rings. The normalized spacial score (nSPS) is 22.6. The maximum atomic E-state index is 5.58. The lowest BCUT2D eigenvalue weighted by molar-refractivity contribution is -0.141. The largest absolute Gasteiger partial charge is 0.475 e. The fourth-order valence-corrected chi connectivity index (χ4v) is 1.56. The van der Waals surface area contributed by atoms with Gasteiger partial charge >= 0.3 is 0 Å². The van der Waals surface area contributed by atoms with Crippen LogP contribution in [0, 0.1) is 0 Å². The first kappa shape index (κ1) is 11.9. The van der Waals surface area contributed by atoms with Crippen molar-refractivity contribution in [2.75, 3.05) is 24.7 Å². The monoisotopic (exact) mass is 240 g/mol. The predicted molar refractivity (Wildman–Crippen MR) is 61.3 cm³/mol. The average Bonchev–Trinajstić information content (AvgIpc) is 2.54. The van der Waals surface area contributed by atoms with Crippen LogP contribution in [0.5, 0.6) is 5.88 Å².